The summed E-state index contributed by atoms with van der Waals surface area (Å²) < 4.78 is 34.5. The molecule has 0 aliphatic carbocycles. The van der Waals surface area contributed by atoms with Gasteiger partial charge in [-0.15, -0.1) is 6.58 Å². The van der Waals surface area contributed by atoms with Crippen molar-refractivity contribution in [1.29, 1.82) is 0 Å². The van der Waals surface area contributed by atoms with E-state index in [0.29, 0.717) is 6.42 Å². The fraction of sp³-hybridized carbons (Fsp3) is 0.571. The summed E-state index contributed by atoms with van der Waals surface area (Å²) >= 11 is 0. The van der Waals surface area contributed by atoms with Crippen LogP contribution in [-0.4, -0.2) is 12.0 Å². The van der Waals surface area contributed by atoms with Gasteiger partial charge in [-0.1, -0.05) is 6.08 Å². The van der Waals surface area contributed by atoms with Gasteiger partial charge in [0.15, 0.2) is 0 Å². The topological polar surface area (TPSA) is 17.1 Å². The van der Waals surface area contributed by atoms with E-state index in [2.05, 4.69) is 6.58 Å². The Hall–Kier alpha value is -0.800. The molecule has 0 aromatic carbocycles. The Bertz CT molecular complexity index is 148. The van der Waals surface area contributed by atoms with E-state index in [1.54, 1.807) is 0 Å². The summed E-state index contributed by atoms with van der Waals surface area (Å²) in [7, 11) is 0. The number of Topliss-reactive ketones (excluding diaryl/α,β-unsaturated/α-hetero) is 1. The minimum absolute atomic E-state index is 0.224. The molecular weight excluding hydrogens is 157 g/mol. The van der Waals surface area contributed by atoms with E-state index in [9.17, 15) is 18.0 Å². The lowest BCUT2D eigenvalue weighted by Gasteiger charge is -2.02. The molecule has 0 atom stereocenters. The molecule has 0 amide bonds. The number of hydrogen-bond acceptors (Lipinski definition) is 1. The van der Waals surface area contributed by atoms with E-state index in [4.69, 9.17) is 0 Å². The summed E-state index contributed by atoms with van der Waals surface area (Å²) in [6, 6.07) is 0. The fourth-order valence-electron chi connectivity index (χ4n) is 0.549. The van der Waals surface area contributed by atoms with Crippen LogP contribution in [0.4, 0.5) is 13.2 Å². The Morgan fingerprint density at radius 2 is 2.00 bits per heavy atom. The molecule has 0 radical (unpaired) electrons. The van der Waals surface area contributed by atoms with E-state index in [1.807, 2.05) is 0 Å². The highest BCUT2D eigenvalue weighted by molar-refractivity contribution is 5.83. The molecule has 0 saturated heterocycles. The molecule has 0 bridgehead atoms. The first kappa shape index (κ1) is 10.2. The maximum Gasteiger partial charge on any atom is 0.449 e. The molecule has 0 aromatic heterocycles. The zero-order valence-corrected chi connectivity index (χ0v) is 5.95. The van der Waals surface area contributed by atoms with Gasteiger partial charge in [-0.2, -0.15) is 13.2 Å². The second-order valence-electron chi connectivity index (χ2n) is 2.10. The highest BCUT2D eigenvalue weighted by Gasteiger charge is 2.36. The van der Waals surface area contributed by atoms with E-state index in [0.717, 1.165) is 0 Å². The monoisotopic (exact) mass is 166 g/mol. The maximum atomic E-state index is 11.5. The highest BCUT2D eigenvalue weighted by atomic mass is 19.4. The molecule has 0 spiro atoms. The second-order valence-corrected chi connectivity index (χ2v) is 2.10. The molecule has 0 aromatic rings. The third-order valence-electron chi connectivity index (χ3n) is 1.13. The van der Waals surface area contributed by atoms with E-state index in [1.165, 1.54) is 6.08 Å². The van der Waals surface area contributed by atoms with Crippen molar-refractivity contribution in [3.63, 3.8) is 0 Å². The largest absolute Gasteiger partial charge is 0.449 e. The van der Waals surface area contributed by atoms with Gasteiger partial charge in [0.25, 0.3) is 0 Å². The van der Waals surface area contributed by atoms with Gasteiger partial charge in [0.05, 0.1) is 0 Å². The van der Waals surface area contributed by atoms with Gasteiger partial charge in [0, 0.05) is 6.42 Å². The molecule has 1 nitrogen and oxygen atoms in total. The molecular formula is C7H9F3O. The molecule has 0 heterocycles. The number of allylic oxidation sites excluding steroid dienone is 1. The quantitative estimate of drug-likeness (QED) is 0.463. The summed E-state index contributed by atoms with van der Waals surface area (Å²) in [5.74, 6) is -1.65. The molecule has 0 saturated carbocycles. The van der Waals surface area contributed by atoms with Gasteiger partial charge in [-0.05, 0) is 12.8 Å². The lowest BCUT2D eigenvalue weighted by atomic mass is 10.2. The summed E-state index contributed by atoms with van der Waals surface area (Å²) in [5, 5.41) is 0. The van der Waals surface area contributed by atoms with E-state index in [-0.39, 0.29) is 6.42 Å². The minimum Gasteiger partial charge on any atom is -0.290 e. The normalized spacial score (nSPS) is 11.2. The predicted molar refractivity (Wildman–Crippen MR) is 35.1 cm³/mol. The number of ketones is 1. The van der Waals surface area contributed by atoms with Gasteiger partial charge >= 0.3 is 6.18 Å². The number of rotatable bonds is 4. The van der Waals surface area contributed by atoms with Crippen LogP contribution in [0, 0.1) is 0 Å². The molecule has 0 rings (SSSR count). The van der Waals surface area contributed by atoms with Gasteiger partial charge in [-0.25, -0.2) is 0 Å². The number of halogens is 3. The van der Waals surface area contributed by atoms with E-state index < -0.39 is 18.4 Å². The van der Waals surface area contributed by atoms with Crippen LogP contribution in [0.1, 0.15) is 19.3 Å². The van der Waals surface area contributed by atoms with Gasteiger partial charge < -0.3 is 0 Å². The summed E-state index contributed by atoms with van der Waals surface area (Å²) in [4.78, 5) is 10.2. The Balaban J connectivity index is 3.62. The van der Waals surface area contributed by atoms with Crippen molar-refractivity contribution in [3.8, 4) is 0 Å². The SMILES string of the molecule is C=CCCCC(=O)C(F)(F)F. The molecule has 4 heteroatoms. The number of carbonyl (C=O) groups excluding carboxylic acids is 1. The Morgan fingerprint density at radius 3 is 2.36 bits per heavy atom. The second kappa shape index (κ2) is 4.16. The number of alkyl halides is 3. The van der Waals surface area contributed by atoms with Crippen molar-refractivity contribution in [2.45, 2.75) is 25.4 Å². The van der Waals surface area contributed by atoms with Crippen LogP contribution in [0.2, 0.25) is 0 Å². The van der Waals surface area contributed by atoms with Crippen molar-refractivity contribution in [1.82, 2.24) is 0 Å². The Kier molecular flexibility index (Phi) is 3.85. The lowest BCUT2D eigenvalue weighted by Crippen LogP contribution is -2.22. The molecule has 0 aliphatic heterocycles. The Morgan fingerprint density at radius 1 is 1.45 bits per heavy atom. The van der Waals surface area contributed by atoms with Crippen molar-refractivity contribution < 1.29 is 18.0 Å². The van der Waals surface area contributed by atoms with Crippen LogP contribution in [0.15, 0.2) is 12.7 Å². The zero-order chi connectivity index (χ0) is 8.91. The Labute approximate surface area is 62.9 Å². The van der Waals surface area contributed by atoms with Crippen LogP contribution >= 0.6 is 0 Å². The van der Waals surface area contributed by atoms with Crippen molar-refractivity contribution >= 4 is 5.78 Å². The summed E-state index contributed by atoms with van der Waals surface area (Å²) in [6.07, 6.45) is -2.94. The van der Waals surface area contributed by atoms with Crippen LogP contribution in [0.25, 0.3) is 0 Å². The van der Waals surface area contributed by atoms with Crippen molar-refractivity contribution in [3.05, 3.63) is 12.7 Å². The molecule has 0 N–H and O–H groups in total. The molecule has 0 aliphatic rings. The molecule has 64 valence electrons. The zero-order valence-electron chi connectivity index (χ0n) is 5.95. The minimum atomic E-state index is -4.67. The lowest BCUT2D eigenvalue weighted by molar-refractivity contribution is -0.171. The first-order chi connectivity index (χ1) is 4.98. The van der Waals surface area contributed by atoms with Gasteiger partial charge in [0.2, 0.25) is 5.78 Å². The van der Waals surface area contributed by atoms with Gasteiger partial charge in [0.1, 0.15) is 0 Å². The van der Waals surface area contributed by atoms with Gasteiger partial charge in [-0.3, -0.25) is 4.79 Å². The first-order valence-electron chi connectivity index (χ1n) is 3.19. The average molecular weight is 166 g/mol. The third-order valence-corrected chi connectivity index (χ3v) is 1.13. The smallest absolute Gasteiger partial charge is 0.290 e. The molecule has 0 fully saturated rings. The predicted octanol–water partition coefficient (Wildman–Crippen LogP) is 2.47. The standard InChI is InChI=1S/C7H9F3O/c1-2-3-4-5-6(11)7(8,9)10/h2H,1,3-5H2. The molecule has 0 unspecified atom stereocenters. The maximum absolute atomic E-state index is 11.5. The fourth-order valence-corrected chi connectivity index (χ4v) is 0.549. The number of unbranched alkanes of at least 4 members (excludes halogenated alkanes) is 1. The van der Waals surface area contributed by atoms with E-state index >= 15 is 0 Å². The van der Waals surface area contributed by atoms with Crippen LogP contribution < -0.4 is 0 Å². The number of hydrogen-bond donors (Lipinski definition) is 0. The molecule has 11 heavy (non-hydrogen) atoms. The average Bonchev–Trinajstić information content (AvgIpc) is 1.86. The van der Waals surface area contributed by atoms with Crippen molar-refractivity contribution in [2.24, 2.45) is 0 Å². The highest BCUT2D eigenvalue weighted by Crippen LogP contribution is 2.18. The summed E-state index contributed by atoms with van der Waals surface area (Å²) in [5.41, 5.74) is 0. The van der Waals surface area contributed by atoms with Crippen LogP contribution in [0.5, 0.6) is 0 Å². The summed E-state index contributed by atoms with van der Waals surface area (Å²) in [6.45, 7) is 3.33. The van der Waals surface area contributed by atoms with Crippen molar-refractivity contribution in [2.75, 3.05) is 0 Å². The third kappa shape index (κ3) is 4.58. The first-order valence-corrected chi connectivity index (χ1v) is 3.19. The van der Waals surface area contributed by atoms with Crippen LogP contribution in [0.3, 0.4) is 0 Å². The number of carbonyl (C=O) groups is 1. The van der Waals surface area contributed by atoms with Crippen LogP contribution in [-0.2, 0) is 4.79 Å².